The molecule has 0 heterocycles. The average molecular weight is 359 g/mol. The average Bonchev–Trinajstić information content (AvgIpc) is 2.40. The molecule has 0 saturated carbocycles. The second kappa shape index (κ2) is 9.41. The lowest BCUT2D eigenvalue weighted by Gasteiger charge is -2.32. The van der Waals surface area contributed by atoms with Crippen LogP contribution in [0.5, 0.6) is 0 Å². The van der Waals surface area contributed by atoms with Crippen molar-refractivity contribution < 1.29 is 33.3 Å². The van der Waals surface area contributed by atoms with Crippen molar-refractivity contribution in [3.05, 3.63) is 12.2 Å². The minimum absolute atomic E-state index is 0.0496. The molecule has 0 aliphatic carbocycles. The minimum atomic E-state index is -0.909. The zero-order chi connectivity index (χ0) is 19.8. The number of carbonyl (C=O) groups excluding carboxylic acids is 3. The van der Waals surface area contributed by atoms with Gasteiger partial charge in [0.15, 0.2) is 0 Å². The van der Waals surface area contributed by atoms with E-state index in [-0.39, 0.29) is 6.61 Å². The SMILES string of the molecule is COC[C@@H](/C=C\C(=O)OC)N(C(=O)OC(C)(C)C)C(=O)OC(C)(C)C. The summed E-state index contributed by atoms with van der Waals surface area (Å²) in [6.07, 6.45) is 0.617. The number of carbonyl (C=O) groups is 3. The fourth-order valence-corrected chi connectivity index (χ4v) is 1.61. The van der Waals surface area contributed by atoms with Crippen LogP contribution in [0.1, 0.15) is 41.5 Å². The number of nitrogens with zero attached hydrogens (tertiary/aromatic N) is 1. The number of rotatable bonds is 5. The van der Waals surface area contributed by atoms with Crippen LogP contribution in [0.4, 0.5) is 9.59 Å². The molecule has 0 spiro atoms. The van der Waals surface area contributed by atoms with Gasteiger partial charge in [-0.2, -0.15) is 0 Å². The molecule has 25 heavy (non-hydrogen) atoms. The van der Waals surface area contributed by atoms with Gasteiger partial charge in [0.05, 0.1) is 19.8 Å². The van der Waals surface area contributed by atoms with Crippen LogP contribution in [-0.2, 0) is 23.7 Å². The number of imide groups is 1. The molecule has 0 saturated heterocycles. The Morgan fingerprint density at radius 2 is 1.36 bits per heavy atom. The van der Waals surface area contributed by atoms with E-state index in [0.717, 1.165) is 11.0 Å². The van der Waals surface area contributed by atoms with Gasteiger partial charge in [0.2, 0.25) is 0 Å². The molecule has 0 rings (SSSR count). The fraction of sp³-hybridized carbons (Fsp3) is 0.706. The topological polar surface area (TPSA) is 91.4 Å². The third-order valence-corrected chi connectivity index (χ3v) is 2.51. The third-order valence-electron chi connectivity index (χ3n) is 2.51. The first-order valence-electron chi connectivity index (χ1n) is 7.81. The number of methoxy groups -OCH3 is 2. The summed E-state index contributed by atoms with van der Waals surface area (Å²) >= 11 is 0. The summed E-state index contributed by atoms with van der Waals surface area (Å²) in [5.41, 5.74) is -1.64. The van der Waals surface area contributed by atoms with Crippen molar-refractivity contribution in [1.82, 2.24) is 4.90 Å². The van der Waals surface area contributed by atoms with Crippen molar-refractivity contribution in [2.45, 2.75) is 58.8 Å². The van der Waals surface area contributed by atoms with Gasteiger partial charge in [-0.3, -0.25) is 0 Å². The van der Waals surface area contributed by atoms with Crippen LogP contribution >= 0.6 is 0 Å². The molecule has 0 aromatic heterocycles. The van der Waals surface area contributed by atoms with Gasteiger partial charge in [-0.15, -0.1) is 0 Å². The van der Waals surface area contributed by atoms with E-state index in [1.807, 2.05) is 0 Å². The van der Waals surface area contributed by atoms with Gasteiger partial charge in [-0.05, 0) is 41.5 Å². The molecular formula is C17H29NO7. The van der Waals surface area contributed by atoms with Crippen LogP contribution < -0.4 is 0 Å². The van der Waals surface area contributed by atoms with E-state index >= 15 is 0 Å². The molecule has 0 unspecified atom stereocenters. The van der Waals surface area contributed by atoms with Crippen LogP contribution in [0.3, 0.4) is 0 Å². The molecule has 0 radical (unpaired) electrons. The second-order valence-electron chi connectivity index (χ2n) is 7.24. The number of esters is 1. The Balaban J connectivity index is 5.69. The molecule has 1 atom stereocenters. The lowest BCUT2D eigenvalue weighted by Crippen LogP contribution is -2.50. The molecular weight excluding hydrogens is 330 g/mol. The summed E-state index contributed by atoms with van der Waals surface area (Å²) in [4.78, 5) is 37.1. The molecule has 0 aromatic rings. The summed E-state index contributed by atoms with van der Waals surface area (Å²) in [7, 11) is 2.62. The molecule has 0 aliphatic heterocycles. The molecule has 8 nitrogen and oxygen atoms in total. The molecule has 0 N–H and O–H groups in total. The van der Waals surface area contributed by atoms with Crippen molar-refractivity contribution in [1.29, 1.82) is 0 Å². The quantitative estimate of drug-likeness (QED) is 0.423. The van der Waals surface area contributed by atoms with Gasteiger partial charge in [-0.1, -0.05) is 6.08 Å². The number of amides is 2. The first kappa shape index (κ1) is 22.9. The van der Waals surface area contributed by atoms with Crippen LogP contribution in [0.2, 0.25) is 0 Å². The highest BCUT2D eigenvalue weighted by atomic mass is 16.6. The third kappa shape index (κ3) is 9.71. The zero-order valence-corrected chi connectivity index (χ0v) is 16.2. The van der Waals surface area contributed by atoms with E-state index in [1.54, 1.807) is 41.5 Å². The van der Waals surface area contributed by atoms with E-state index < -0.39 is 35.4 Å². The van der Waals surface area contributed by atoms with Gasteiger partial charge in [0.25, 0.3) is 0 Å². The molecule has 0 bridgehead atoms. The van der Waals surface area contributed by atoms with E-state index in [4.69, 9.17) is 14.2 Å². The van der Waals surface area contributed by atoms with Gasteiger partial charge < -0.3 is 18.9 Å². The minimum Gasteiger partial charge on any atom is -0.466 e. The highest BCUT2D eigenvalue weighted by molar-refractivity contribution is 5.89. The lowest BCUT2D eigenvalue weighted by molar-refractivity contribution is -0.134. The van der Waals surface area contributed by atoms with Gasteiger partial charge in [0.1, 0.15) is 11.2 Å². The fourth-order valence-electron chi connectivity index (χ4n) is 1.61. The maximum absolute atomic E-state index is 12.5. The van der Waals surface area contributed by atoms with Crippen LogP contribution in [0.25, 0.3) is 0 Å². The Bertz CT molecular complexity index is 472. The molecule has 144 valence electrons. The highest BCUT2D eigenvalue weighted by Gasteiger charge is 2.35. The summed E-state index contributed by atoms with van der Waals surface area (Å²) in [5, 5.41) is 0. The Hall–Kier alpha value is -2.09. The number of hydrogen-bond donors (Lipinski definition) is 0. The van der Waals surface area contributed by atoms with E-state index in [9.17, 15) is 14.4 Å². The van der Waals surface area contributed by atoms with E-state index in [0.29, 0.717) is 0 Å². The van der Waals surface area contributed by atoms with Crippen molar-refractivity contribution in [2.24, 2.45) is 0 Å². The van der Waals surface area contributed by atoms with Crippen molar-refractivity contribution in [3.8, 4) is 0 Å². The maximum atomic E-state index is 12.5. The zero-order valence-electron chi connectivity index (χ0n) is 16.2. The predicted molar refractivity (Wildman–Crippen MR) is 91.1 cm³/mol. The summed E-state index contributed by atoms with van der Waals surface area (Å²) < 4.78 is 20.1. The Kier molecular flexibility index (Phi) is 8.62. The normalized spacial score (nSPS) is 13.3. The standard InChI is InChI=1S/C17H29NO7/c1-16(2,3)24-14(20)18(15(21)25-17(4,5)6)12(11-22-7)9-10-13(19)23-8/h9-10,12H,11H2,1-8H3/b10-9-/t12-/m1/s1. The molecule has 8 heteroatoms. The summed E-state index contributed by atoms with van der Waals surface area (Å²) in [6.45, 7) is 10.00. The molecule has 0 aromatic carbocycles. The molecule has 2 amide bonds. The van der Waals surface area contributed by atoms with Crippen LogP contribution in [-0.4, -0.2) is 61.1 Å². The summed E-state index contributed by atoms with van der Waals surface area (Å²) in [5.74, 6) is -0.630. The van der Waals surface area contributed by atoms with Crippen LogP contribution in [0, 0.1) is 0 Å². The van der Waals surface area contributed by atoms with Crippen molar-refractivity contribution in [3.63, 3.8) is 0 Å². The molecule has 0 fully saturated rings. The summed E-state index contributed by atoms with van der Waals surface area (Å²) in [6, 6.07) is -0.909. The van der Waals surface area contributed by atoms with E-state index in [1.165, 1.54) is 20.3 Å². The maximum Gasteiger partial charge on any atom is 0.420 e. The monoisotopic (exact) mass is 359 g/mol. The largest absolute Gasteiger partial charge is 0.466 e. The first-order valence-corrected chi connectivity index (χ1v) is 7.81. The van der Waals surface area contributed by atoms with Gasteiger partial charge >= 0.3 is 18.2 Å². The van der Waals surface area contributed by atoms with Crippen molar-refractivity contribution >= 4 is 18.2 Å². The smallest absolute Gasteiger partial charge is 0.420 e. The Labute approximate surface area is 149 Å². The second-order valence-corrected chi connectivity index (χ2v) is 7.24. The number of ether oxygens (including phenoxy) is 4. The predicted octanol–water partition coefficient (Wildman–Crippen LogP) is 2.90. The van der Waals surface area contributed by atoms with Gasteiger partial charge in [0, 0.05) is 13.2 Å². The number of hydrogen-bond acceptors (Lipinski definition) is 7. The Morgan fingerprint density at radius 1 is 0.920 bits per heavy atom. The lowest BCUT2D eigenvalue weighted by atomic mass is 10.2. The molecule has 0 aliphatic rings. The van der Waals surface area contributed by atoms with Crippen molar-refractivity contribution in [2.75, 3.05) is 20.8 Å². The van der Waals surface area contributed by atoms with E-state index in [2.05, 4.69) is 4.74 Å². The highest BCUT2D eigenvalue weighted by Crippen LogP contribution is 2.17. The van der Waals surface area contributed by atoms with Crippen LogP contribution in [0.15, 0.2) is 12.2 Å². The Morgan fingerprint density at radius 3 is 1.68 bits per heavy atom. The first-order chi connectivity index (χ1) is 11.3. The van der Waals surface area contributed by atoms with Gasteiger partial charge in [-0.25, -0.2) is 19.3 Å².